The van der Waals surface area contributed by atoms with Crippen LogP contribution in [0, 0.1) is 45.9 Å². The summed E-state index contributed by atoms with van der Waals surface area (Å²) >= 11 is 0. The van der Waals surface area contributed by atoms with Gasteiger partial charge < -0.3 is 44.5 Å². The van der Waals surface area contributed by atoms with Crippen LogP contribution in [0.3, 0.4) is 0 Å². The van der Waals surface area contributed by atoms with Gasteiger partial charge in [-0.1, -0.05) is 51.7 Å². The fourth-order valence-corrected chi connectivity index (χ4v) is 15.2. The lowest BCUT2D eigenvalue weighted by Crippen LogP contribution is -2.48. The molecule has 0 radical (unpaired) electrons. The molecule has 0 bridgehead atoms. The number of carbonyl (C=O) groups excluding carboxylic acids is 4. The molecule has 20 rings (SSSR count). The topological polar surface area (TPSA) is 317 Å². The summed E-state index contributed by atoms with van der Waals surface area (Å²) in [4.78, 5) is 91.0. The molecule has 24 heteroatoms. The van der Waals surface area contributed by atoms with Gasteiger partial charge >= 0.3 is 0 Å². The zero-order chi connectivity index (χ0) is 72.6. The number of fused-ring (bicyclic) bond motifs is 12. The van der Waals surface area contributed by atoms with Gasteiger partial charge in [0, 0.05) is 138 Å². The summed E-state index contributed by atoms with van der Waals surface area (Å²) in [5.74, 6) is 0.456. The minimum absolute atomic E-state index is 0.260. The number of aromatic nitrogens is 6. The molecule has 4 atom stereocenters. The summed E-state index contributed by atoms with van der Waals surface area (Å²) in [7, 11) is 0. The van der Waals surface area contributed by atoms with Gasteiger partial charge in [0.05, 0.1) is 50.5 Å². The molecule has 13 heterocycles. The second-order valence-electron chi connectivity index (χ2n) is 27.6. The zero-order valence-corrected chi connectivity index (χ0v) is 57.5. The van der Waals surface area contributed by atoms with Gasteiger partial charge in [0.25, 0.3) is 0 Å². The first kappa shape index (κ1) is 65.6. The van der Waals surface area contributed by atoms with Crippen LogP contribution in [-0.4, -0.2) is 145 Å². The summed E-state index contributed by atoms with van der Waals surface area (Å²) in [6, 6.07) is 50.7. The summed E-state index contributed by atoms with van der Waals surface area (Å²) in [6.45, 7) is 11.6. The average Bonchev–Trinajstić information content (AvgIpc) is 1.65. The Hall–Kier alpha value is -12.7. The molecule has 12 aromatic rings. The van der Waals surface area contributed by atoms with Crippen LogP contribution in [0.25, 0.3) is 38.4 Å². The van der Waals surface area contributed by atoms with Crippen molar-refractivity contribution in [2.24, 2.45) is 20.0 Å². The predicted octanol–water partition coefficient (Wildman–Crippen LogP) is 11.9. The van der Waals surface area contributed by atoms with Crippen LogP contribution in [0.2, 0.25) is 0 Å². The highest BCUT2D eigenvalue weighted by atomic mass is 16.5. The van der Waals surface area contributed by atoms with E-state index < -0.39 is 22.4 Å². The molecule has 5 aromatic heterocycles. The standard InChI is InChI=1S/C22H16N4O2.C20H16N4O2.C20H17N3O3.C19H16N4O2/c1-13-2-6-19-17(10-13)20(27)22(28)8-9-26(21(22)25-19)16-5-7-18-14(11-16)3-4-15(12-23)24-18;1-12-2-4-15-14(10-12)18(25)20(26)6-9-24(19(20)23-15)13-3-5-16-17(11-13)22-8-7-21-16;1-11-3-6-16-15(9-11)18(24)20(25)7-8-23(19(20)21-16)13-4-5-14-12(2)22-26-17(14)10-13;1-12-2-3-16-15(10-12)17(24)19(25)6-9-22(18(19)21-16)13-5-8-23-14(11-13)4-7-20-23/h2-7,10-11,28H,8-9H2,1H3;2-5,7-8,10-11,26H,6,9H2,1H3;3-6,9-10,25H,7-8H2,1-2H3;2-5,7-8,10-11,25H,6,9H2,1H3/t22-;2*20-;19-/m1111/s1. The number of nitrogens with zero attached hydrogens (tertiary/aromatic N) is 15. The smallest absolute Gasteiger partial charge is 0.204 e. The highest BCUT2D eigenvalue weighted by Crippen LogP contribution is 2.45. The van der Waals surface area contributed by atoms with E-state index in [1.807, 2.05) is 194 Å². The number of ketones is 4. The number of amidine groups is 4. The van der Waals surface area contributed by atoms with E-state index in [2.05, 4.69) is 45.2 Å². The number of carbonyl (C=O) groups is 4. The van der Waals surface area contributed by atoms with E-state index >= 15 is 0 Å². The number of hydrogen-bond donors (Lipinski definition) is 4. The third-order valence-electron chi connectivity index (χ3n) is 20.8. The number of aliphatic hydroxyl groups is 4. The Morgan fingerprint density at radius 3 is 1.31 bits per heavy atom. The Morgan fingerprint density at radius 1 is 0.429 bits per heavy atom. The fraction of sp³-hybridized carbons (Fsp3) is 0.210. The van der Waals surface area contributed by atoms with Crippen molar-refractivity contribution in [2.75, 3.05) is 45.8 Å². The summed E-state index contributed by atoms with van der Waals surface area (Å²) < 4.78 is 7.13. The van der Waals surface area contributed by atoms with Gasteiger partial charge in [-0.05, 0) is 162 Å². The molecule has 0 amide bonds. The van der Waals surface area contributed by atoms with E-state index in [4.69, 9.17) is 9.78 Å². The second-order valence-corrected chi connectivity index (χ2v) is 27.6. The Kier molecular flexibility index (Phi) is 15.3. The van der Waals surface area contributed by atoms with Crippen molar-refractivity contribution in [3.05, 3.63) is 238 Å². The number of Topliss-reactive ketones (excluding diaryl/α,β-unsaturated/α-hetero) is 4. The van der Waals surface area contributed by atoms with Crippen LogP contribution in [0.15, 0.2) is 207 Å². The number of anilines is 4. The van der Waals surface area contributed by atoms with Crippen molar-refractivity contribution in [2.45, 2.75) is 82.7 Å². The van der Waals surface area contributed by atoms with Gasteiger partial charge in [-0.2, -0.15) is 10.4 Å². The molecule has 4 saturated heterocycles. The highest BCUT2D eigenvalue weighted by Gasteiger charge is 2.56. The molecule has 8 aliphatic rings. The number of hydrogen-bond acceptors (Lipinski definition) is 23. The molecule has 4 N–H and O–H groups in total. The number of benzene rings is 7. The van der Waals surface area contributed by atoms with Gasteiger partial charge in [0.1, 0.15) is 35.1 Å². The first-order valence-electron chi connectivity index (χ1n) is 34.4. The number of nitriles is 1. The summed E-state index contributed by atoms with van der Waals surface area (Å²) in [6.07, 6.45) is 8.16. The van der Waals surface area contributed by atoms with E-state index in [9.17, 15) is 39.6 Å². The highest BCUT2D eigenvalue weighted by molar-refractivity contribution is 6.31. The van der Waals surface area contributed by atoms with Crippen molar-refractivity contribution in [3.63, 3.8) is 0 Å². The van der Waals surface area contributed by atoms with E-state index in [0.717, 1.165) is 83.5 Å². The fourth-order valence-electron chi connectivity index (χ4n) is 15.2. The lowest BCUT2D eigenvalue weighted by molar-refractivity contribution is 0.0600. The SMILES string of the molecule is Cc1ccc2c(c1)C(=O)[C@]1(O)CCN(c3ccc4c(C)noc4c3)C1=N2.Cc1ccc2c(c1)C(=O)[C@]1(O)CCN(c3ccc4nc(C#N)ccc4c3)C1=N2.Cc1ccc2c(c1)C(=O)[C@]1(O)CCN(c3ccc4nccnc4c3)C1=N2.Cc1ccc2c(c1)C(=O)[C@]1(O)CCN(c3ccn4nccc4c3)C1=N2. The largest absolute Gasteiger partial charge is 0.374 e. The lowest BCUT2D eigenvalue weighted by Gasteiger charge is -2.30. The molecule has 518 valence electrons. The molecule has 24 nitrogen and oxygen atoms in total. The van der Waals surface area contributed by atoms with Crippen molar-refractivity contribution < 1.29 is 44.1 Å². The number of rotatable bonds is 4. The molecule has 0 unspecified atom stereocenters. The van der Waals surface area contributed by atoms with Crippen LogP contribution >= 0.6 is 0 Å². The number of aliphatic imine (C=N–C) groups is 4. The van der Waals surface area contributed by atoms with Gasteiger partial charge in [-0.3, -0.25) is 29.1 Å². The molecule has 7 aromatic carbocycles. The van der Waals surface area contributed by atoms with Gasteiger partial charge in [0.2, 0.25) is 23.1 Å². The first-order valence-corrected chi connectivity index (χ1v) is 34.4. The van der Waals surface area contributed by atoms with Crippen LogP contribution in [0.1, 0.15) is 101 Å². The van der Waals surface area contributed by atoms with E-state index in [0.29, 0.717) is 131 Å². The monoisotopic (exact) mass is 1390 g/mol. The minimum atomic E-state index is -1.60. The lowest BCUT2D eigenvalue weighted by atomic mass is 9.87. The quantitative estimate of drug-likeness (QED) is 0.127. The Balaban J connectivity index is 0.000000103. The number of pyridine rings is 2. The predicted molar refractivity (Wildman–Crippen MR) is 398 cm³/mol. The molecular weight excluding hydrogens is 1330 g/mol. The second kappa shape index (κ2) is 24.5. The van der Waals surface area contributed by atoms with Crippen molar-refractivity contribution >= 4 is 130 Å². The maximum absolute atomic E-state index is 13.0. The van der Waals surface area contributed by atoms with Gasteiger partial charge in [-0.15, -0.1) is 0 Å². The first-order chi connectivity index (χ1) is 50.6. The normalized spacial score (nSPS) is 21.4. The Morgan fingerprint density at radius 2 is 0.848 bits per heavy atom. The zero-order valence-electron chi connectivity index (χ0n) is 57.5. The average molecular weight is 1390 g/mol. The maximum Gasteiger partial charge on any atom is 0.204 e. The van der Waals surface area contributed by atoms with Crippen molar-refractivity contribution in [1.82, 2.24) is 29.7 Å². The van der Waals surface area contributed by atoms with E-state index in [1.54, 1.807) is 53.4 Å². The van der Waals surface area contributed by atoms with Crippen molar-refractivity contribution in [3.8, 4) is 6.07 Å². The Labute approximate surface area is 599 Å². The van der Waals surface area contributed by atoms with E-state index in [1.165, 1.54) is 0 Å². The van der Waals surface area contributed by atoms with E-state index in [-0.39, 0.29) is 23.1 Å². The third-order valence-corrected chi connectivity index (χ3v) is 20.8. The molecule has 4 fully saturated rings. The summed E-state index contributed by atoms with van der Waals surface area (Å²) in [5, 5.41) is 63.5. The summed E-state index contributed by atoms with van der Waals surface area (Å²) in [5.41, 5.74) is 10.5. The van der Waals surface area contributed by atoms with Crippen LogP contribution in [-0.2, 0) is 0 Å². The number of aryl methyl sites for hydroxylation is 5. The molecular formula is C81H65N15O9. The molecule has 8 aliphatic heterocycles. The maximum atomic E-state index is 13.0. The molecule has 0 saturated carbocycles. The van der Waals surface area contributed by atoms with Gasteiger partial charge in [0.15, 0.2) is 28.0 Å². The third kappa shape index (κ3) is 10.8. The van der Waals surface area contributed by atoms with Crippen LogP contribution < -0.4 is 19.6 Å². The minimum Gasteiger partial charge on any atom is -0.374 e. The van der Waals surface area contributed by atoms with Crippen LogP contribution in [0.5, 0.6) is 0 Å². The Bertz CT molecular complexity index is 5970. The van der Waals surface area contributed by atoms with Crippen molar-refractivity contribution in [1.29, 1.82) is 5.26 Å². The van der Waals surface area contributed by atoms with Gasteiger partial charge in [-0.25, -0.2) is 29.5 Å². The molecule has 0 aliphatic carbocycles. The molecule has 0 spiro atoms. The molecule has 105 heavy (non-hydrogen) atoms. The van der Waals surface area contributed by atoms with Crippen LogP contribution in [0.4, 0.5) is 45.5 Å².